The third kappa shape index (κ3) is 2.27. The van der Waals surface area contributed by atoms with Gasteiger partial charge in [0.05, 0.1) is 11.6 Å². The van der Waals surface area contributed by atoms with Gasteiger partial charge < -0.3 is 5.11 Å². The van der Waals surface area contributed by atoms with Gasteiger partial charge >= 0.3 is 0 Å². The smallest absolute Gasteiger partial charge is 0.123 e. The normalized spacial score (nSPS) is 24.1. The van der Waals surface area contributed by atoms with Gasteiger partial charge in [-0.1, -0.05) is 18.9 Å². The highest BCUT2D eigenvalue weighted by Gasteiger charge is 2.47. The number of nitrogens with zero attached hydrogens (tertiary/aromatic N) is 1. The quantitative estimate of drug-likeness (QED) is 0.913. The van der Waals surface area contributed by atoms with E-state index in [1.54, 1.807) is 6.07 Å². The van der Waals surface area contributed by atoms with Crippen LogP contribution in [-0.2, 0) is 0 Å². The van der Waals surface area contributed by atoms with Crippen molar-refractivity contribution in [3.63, 3.8) is 0 Å². The zero-order valence-corrected chi connectivity index (χ0v) is 12.2. The molecule has 20 heavy (non-hydrogen) atoms. The summed E-state index contributed by atoms with van der Waals surface area (Å²) in [7, 11) is 0. The van der Waals surface area contributed by atoms with E-state index < -0.39 is 6.10 Å². The van der Waals surface area contributed by atoms with Gasteiger partial charge in [0.25, 0.3) is 0 Å². The van der Waals surface area contributed by atoms with Crippen LogP contribution in [0.2, 0.25) is 0 Å². The van der Waals surface area contributed by atoms with Crippen molar-refractivity contribution in [3.05, 3.63) is 35.1 Å². The number of benzene rings is 1. The monoisotopic (exact) mass is 277 g/mol. The molecule has 1 aliphatic heterocycles. The molecule has 110 valence electrons. The zero-order valence-electron chi connectivity index (χ0n) is 12.2. The van der Waals surface area contributed by atoms with Crippen molar-refractivity contribution in [1.82, 2.24) is 4.90 Å². The van der Waals surface area contributed by atoms with Gasteiger partial charge in [-0.25, -0.2) is 4.39 Å². The van der Waals surface area contributed by atoms with Crippen LogP contribution in [0.1, 0.15) is 55.8 Å². The van der Waals surface area contributed by atoms with Crippen LogP contribution in [0.4, 0.5) is 4.39 Å². The van der Waals surface area contributed by atoms with E-state index in [4.69, 9.17) is 0 Å². The molecule has 1 aromatic carbocycles. The van der Waals surface area contributed by atoms with Gasteiger partial charge in [0.2, 0.25) is 0 Å². The summed E-state index contributed by atoms with van der Waals surface area (Å²) in [6.45, 7) is 4.11. The topological polar surface area (TPSA) is 23.5 Å². The maximum absolute atomic E-state index is 13.6. The molecule has 1 atom stereocenters. The number of aliphatic hydroxyl groups is 1. The lowest BCUT2D eigenvalue weighted by atomic mass is 9.83. The van der Waals surface area contributed by atoms with Crippen LogP contribution < -0.4 is 0 Å². The van der Waals surface area contributed by atoms with Gasteiger partial charge in [0, 0.05) is 0 Å². The summed E-state index contributed by atoms with van der Waals surface area (Å²) in [5.74, 6) is -0.251. The molecule has 1 aliphatic carbocycles. The predicted molar refractivity (Wildman–Crippen MR) is 78.1 cm³/mol. The van der Waals surface area contributed by atoms with E-state index in [0.717, 1.165) is 37.1 Å². The molecule has 1 unspecified atom stereocenters. The lowest BCUT2D eigenvalue weighted by Gasteiger charge is -2.43. The Bertz CT molecular complexity index is 476. The molecule has 0 spiro atoms. The highest BCUT2D eigenvalue weighted by molar-refractivity contribution is 5.31. The van der Waals surface area contributed by atoms with E-state index >= 15 is 0 Å². The van der Waals surface area contributed by atoms with Crippen molar-refractivity contribution in [2.24, 2.45) is 0 Å². The Morgan fingerprint density at radius 3 is 2.45 bits per heavy atom. The molecule has 0 bridgehead atoms. The molecule has 0 amide bonds. The Kier molecular flexibility index (Phi) is 3.83. The second kappa shape index (κ2) is 5.45. The molecule has 3 rings (SSSR count). The molecule has 3 heteroatoms. The minimum atomic E-state index is -0.571. The minimum Gasteiger partial charge on any atom is -0.386 e. The molecule has 0 aromatic heterocycles. The number of aliphatic hydroxyl groups excluding tert-OH is 1. The van der Waals surface area contributed by atoms with Gasteiger partial charge in [-0.2, -0.15) is 0 Å². The zero-order chi connectivity index (χ0) is 14.2. The molecule has 1 aromatic rings. The number of hydrogen-bond acceptors (Lipinski definition) is 2. The van der Waals surface area contributed by atoms with E-state index in [0.29, 0.717) is 0 Å². The van der Waals surface area contributed by atoms with E-state index in [9.17, 15) is 9.50 Å². The molecule has 1 saturated carbocycles. The Labute approximate surface area is 120 Å². The van der Waals surface area contributed by atoms with E-state index in [1.165, 1.54) is 37.8 Å². The standard InChI is InChI=1S/C17H24FNO/c1-13-6-7-14(18)12-15(13)16(20)17(8-2-3-9-17)19-10-4-5-11-19/h6-7,12,16,20H,2-5,8-11H2,1H3. The van der Waals surface area contributed by atoms with Crippen molar-refractivity contribution in [2.45, 2.75) is 57.1 Å². The largest absolute Gasteiger partial charge is 0.386 e. The summed E-state index contributed by atoms with van der Waals surface area (Å²) in [5, 5.41) is 11.0. The first-order valence-corrected chi connectivity index (χ1v) is 7.83. The minimum absolute atomic E-state index is 0.158. The fourth-order valence-electron chi connectivity index (χ4n) is 4.11. The first-order chi connectivity index (χ1) is 9.63. The average Bonchev–Trinajstić information content (AvgIpc) is 3.11. The van der Waals surface area contributed by atoms with Crippen LogP contribution in [-0.4, -0.2) is 28.6 Å². The second-order valence-electron chi connectivity index (χ2n) is 6.41. The Morgan fingerprint density at radius 1 is 1.15 bits per heavy atom. The Hall–Kier alpha value is -0.930. The fraction of sp³-hybridized carbons (Fsp3) is 0.647. The molecule has 2 fully saturated rings. The Balaban J connectivity index is 1.96. The van der Waals surface area contributed by atoms with Crippen LogP contribution in [0.25, 0.3) is 0 Å². The molecule has 1 heterocycles. The number of hydrogen-bond donors (Lipinski definition) is 1. The summed E-state index contributed by atoms with van der Waals surface area (Å²) >= 11 is 0. The highest BCUT2D eigenvalue weighted by atomic mass is 19.1. The van der Waals surface area contributed by atoms with E-state index in [-0.39, 0.29) is 11.4 Å². The SMILES string of the molecule is Cc1ccc(F)cc1C(O)C1(N2CCCC2)CCCC1. The number of aryl methyl sites for hydroxylation is 1. The van der Waals surface area contributed by atoms with Crippen LogP contribution in [0, 0.1) is 12.7 Å². The van der Waals surface area contributed by atoms with Crippen LogP contribution in [0.5, 0.6) is 0 Å². The first kappa shape index (κ1) is 14.0. The number of halogens is 1. The van der Waals surface area contributed by atoms with Gasteiger partial charge in [-0.05, 0) is 69.0 Å². The van der Waals surface area contributed by atoms with Gasteiger partial charge in [0.15, 0.2) is 0 Å². The lowest BCUT2D eigenvalue weighted by Crippen LogP contribution is -2.49. The van der Waals surface area contributed by atoms with Crippen molar-refractivity contribution in [1.29, 1.82) is 0 Å². The Morgan fingerprint density at radius 2 is 1.80 bits per heavy atom. The third-order valence-electron chi connectivity index (χ3n) is 5.25. The molecule has 2 nitrogen and oxygen atoms in total. The van der Waals surface area contributed by atoms with E-state index in [2.05, 4.69) is 4.90 Å². The lowest BCUT2D eigenvalue weighted by molar-refractivity contribution is -0.0200. The fourth-order valence-corrected chi connectivity index (χ4v) is 4.11. The summed E-state index contributed by atoms with van der Waals surface area (Å²) in [6, 6.07) is 4.78. The van der Waals surface area contributed by atoms with Gasteiger partial charge in [-0.3, -0.25) is 4.90 Å². The predicted octanol–water partition coefficient (Wildman–Crippen LogP) is 3.58. The maximum atomic E-state index is 13.6. The second-order valence-corrected chi connectivity index (χ2v) is 6.41. The van der Waals surface area contributed by atoms with Crippen LogP contribution in [0.3, 0.4) is 0 Å². The number of rotatable bonds is 3. The van der Waals surface area contributed by atoms with Crippen molar-refractivity contribution >= 4 is 0 Å². The van der Waals surface area contributed by atoms with Crippen molar-refractivity contribution in [2.75, 3.05) is 13.1 Å². The summed E-state index contributed by atoms with van der Waals surface area (Å²) in [6.07, 6.45) is 6.27. The average molecular weight is 277 g/mol. The van der Waals surface area contributed by atoms with Crippen molar-refractivity contribution < 1.29 is 9.50 Å². The molecule has 0 radical (unpaired) electrons. The maximum Gasteiger partial charge on any atom is 0.123 e. The van der Waals surface area contributed by atoms with Crippen LogP contribution >= 0.6 is 0 Å². The van der Waals surface area contributed by atoms with E-state index in [1.807, 2.05) is 6.92 Å². The summed E-state index contributed by atoms with van der Waals surface area (Å²) < 4.78 is 13.6. The third-order valence-corrected chi connectivity index (χ3v) is 5.25. The molecule has 1 N–H and O–H groups in total. The molecular formula is C17H24FNO. The highest BCUT2D eigenvalue weighted by Crippen LogP contribution is 2.46. The van der Waals surface area contributed by atoms with Crippen LogP contribution in [0.15, 0.2) is 18.2 Å². The van der Waals surface area contributed by atoms with Gasteiger partial charge in [-0.15, -0.1) is 0 Å². The summed E-state index contributed by atoms with van der Waals surface area (Å²) in [4.78, 5) is 2.47. The van der Waals surface area contributed by atoms with Crippen molar-refractivity contribution in [3.8, 4) is 0 Å². The summed E-state index contributed by atoms with van der Waals surface area (Å²) in [5.41, 5.74) is 1.61. The number of likely N-dealkylation sites (tertiary alicyclic amines) is 1. The first-order valence-electron chi connectivity index (χ1n) is 7.83. The molecule has 1 saturated heterocycles. The van der Waals surface area contributed by atoms with Gasteiger partial charge in [0.1, 0.15) is 5.82 Å². The molecule has 2 aliphatic rings. The molecular weight excluding hydrogens is 253 g/mol.